The van der Waals surface area contributed by atoms with Crippen LogP contribution in [0.2, 0.25) is 0 Å². The van der Waals surface area contributed by atoms with E-state index in [9.17, 15) is 4.79 Å². The Balaban J connectivity index is 2.13. The van der Waals surface area contributed by atoms with Crippen LogP contribution in [0.3, 0.4) is 0 Å². The number of thiazole rings is 1. The van der Waals surface area contributed by atoms with Crippen molar-refractivity contribution >= 4 is 22.4 Å². The van der Waals surface area contributed by atoms with Crippen molar-refractivity contribution in [2.75, 3.05) is 5.32 Å². The molecule has 0 aliphatic heterocycles. The van der Waals surface area contributed by atoms with Gasteiger partial charge in [0, 0.05) is 4.88 Å². The zero-order valence-electron chi connectivity index (χ0n) is 10.4. The second kappa shape index (κ2) is 4.64. The molecule has 0 saturated carbocycles. The highest BCUT2D eigenvalue weighted by atomic mass is 32.1. The first-order valence-electron chi connectivity index (χ1n) is 5.95. The van der Waals surface area contributed by atoms with Crippen molar-refractivity contribution in [3.05, 3.63) is 10.6 Å². The van der Waals surface area contributed by atoms with E-state index in [4.69, 9.17) is 5.11 Å². The molecule has 0 bridgehead atoms. The molecule has 0 amide bonds. The maximum atomic E-state index is 10.8. The summed E-state index contributed by atoms with van der Waals surface area (Å²) in [6, 6.07) is -0.586. The molecule has 0 spiro atoms. The highest BCUT2D eigenvalue weighted by Crippen LogP contribution is 2.35. The second-order valence-electron chi connectivity index (χ2n) is 4.96. The van der Waals surface area contributed by atoms with Gasteiger partial charge >= 0.3 is 5.97 Å². The molecule has 1 aromatic heterocycles. The van der Waals surface area contributed by atoms with Crippen LogP contribution in [0, 0.1) is 11.8 Å². The zero-order valence-corrected chi connectivity index (χ0v) is 11.2. The van der Waals surface area contributed by atoms with E-state index in [0.717, 1.165) is 23.7 Å². The van der Waals surface area contributed by atoms with E-state index in [1.807, 2.05) is 0 Å². The maximum Gasteiger partial charge on any atom is 0.325 e. The number of anilines is 1. The largest absolute Gasteiger partial charge is 0.480 e. The van der Waals surface area contributed by atoms with E-state index in [1.165, 1.54) is 4.88 Å². The standard InChI is InChI=1S/C12H18N2O2S/c1-6-4-9-10(5-7(6)2)17-12(14-9)13-8(3)11(15)16/h6-8H,4-5H2,1-3H3,(H,13,14)(H,15,16)/t6?,7?,8-/m1/s1. The summed E-state index contributed by atoms with van der Waals surface area (Å²) in [6.45, 7) is 6.15. The summed E-state index contributed by atoms with van der Waals surface area (Å²) in [5.74, 6) is 0.502. The van der Waals surface area contributed by atoms with Crippen molar-refractivity contribution in [2.45, 2.75) is 39.7 Å². The molecule has 94 valence electrons. The van der Waals surface area contributed by atoms with E-state index in [0.29, 0.717) is 11.8 Å². The fourth-order valence-electron chi connectivity index (χ4n) is 2.01. The van der Waals surface area contributed by atoms with Crippen molar-refractivity contribution < 1.29 is 9.90 Å². The molecular formula is C12H18N2O2S. The molecule has 0 aromatic carbocycles. The number of hydrogen-bond acceptors (Lipinski definition) is 4. The summed E-state index contributed by atoms with van der Waals surface area (Å²) in [5.41, 5.74) is 1.15. The summed E-state index contributed by atoms with van der Waals surface area (Å²) in [7, 11) is 0. The van der Waals surface area contributed by atoms with Crippen molar-refractivity contribution in [3.63, 3.8) is 0 Å². The lowest BCUT2D eigenvalue weighted by Gasteiger charge is -2.24. The number of carbonyl (C=O) groups is 1. The molecule has 0 saturated heterocycles. The van der Waals surface area contributed by atoms with Crippen LogP contribution in [0.4, 0.5) is 5.13 Å². The molecule has 4 nitrogen and oxygen atoms in total. The summed E-state index contributed by atoms with van der Waals surface area (Å²) in [5, 5.41) is 12.5. The van der Waals surface area contributed by atoms with E-state index in [1.54, 1.807) is 18.3 Å². The number of nitrogens with zero attached hydrogens (tertiary/aromatic N) is 1. The molecule has 1 aliphatic rings. The Labute approximate surface area is 105 Å². The van der Waals surface area contributed by atoms with Crippen LogP contribution < -0.4 is 5.32 Å². The van der Waals surface area contributed by atoms with E-state index in [2.05, 4.69) is 24.1 Å². The Morgan fingerprint density at radius 1 is 1.47 bits per heavy atom. The normalized spacial score (nSPS) is 25.1. The van der Waals surface area contributed by atoms with Crippen LogP contribution in [0.25, 0.3) is 0 Å². The smallest absolute Gasteiger partial charge is 0.325 e. The minimum absolute atomic E-state index is 0.586. The number of aliphatic carboxylic acids is 1. The summed E-state index contributed by atoms with van der Waals surface area (Å²) < 4.78 is 0. The van der Waals surface area contributed by atoms with Gasteiger partial charge in [0.1, 0.15) is 6.04 Å². The zero-order chi connectivity index (χ0) is 12.6. The third-order valence-electron chi connectivity index (χ3n) is 3.48. The number of aromatic nitrogens is 1. The van der Waals surface area contributed by atoms with Gasteiger partial charge in [0.05, 0.1) is 5.69 Å². The van der Waals surface area contributed by atoms with Crippen LogP contribution in [0.5, 0.6) is 0 Å². The molecule has 1 aliphatic carbocycles. The number of nitrogens with one attached hydrogen (secondary N) is 1. The minimum Gasteiger partial charge on any atom is -0.480 e. The quantitative estimate of drug-likeness (QED) is 0.869. The van der Waals surface area contributed by atoms with Gasteiger partial charge < -0.3 is 10.4 Å². The number of rotatable bonds is 3. The summed E-state index contributed by atoms with van der Waals surface area (Å²) in [4.78, 5) is 16.6. The van der Waals surface area contributed by atoms with Gasteiger partial charge in [0.15, 0.2) is 5.13 Å². The monoisotopic (exact) mass is 254 g/mol. The molecule has 3 atom stereocenters. The first kappa shape index (κ1) is 12.4. The highest BCUT2D eigenvalue weighted by molar-refractivity contribution is 7.15. The Kier molecular flexibility index (Phi) is 3.38. The van der Waals surface area contributed by atoms with Gasteiger partial charge in [-0.25, -0.2) is 4.98 Å². The van der Waals surface area contributed by atoms with E-state index >= 15 is 0 Å². The first-order chi connectivity index (χ1) is 7.97. The third kappa shape index (κ3) is 2.60. The maximum absolute atomic E-state index is 10.8. The van der Waals surface area contributed by atoms with Gasteiger partial charge in [-0.1, -0.05) is 13.8 Å². The molecule has 2 N–H and O–H groups in total. The van der Waals surface area contributed by atoms with Crippen LogP contribution >= 0.6 is 11.3 Å². The van der Waals surface area contributed by atoms with Crippen LogP contribution in [-0.4, -0.2) is 22.1 Å². The molecule has 5 heteroatoms. The minimum atomic E-state index is -0.847. The summed E-state index contributed by atoms with van der Waals surface area (Å²) in [6.07, 6.45) is 2.08. The lowest BCUT2D eigenvalue weighted by molar-refractivity contribution is -0.137. The lowest BCUT2D eigenvalue weighted by atomic mass is 9.83. The molecule has 17 heavy (non-hydrogen) atoms. The predicted octanol–water partition coefficient (Wildman–Crippen LogP) is 2.40. The second-order valence-corrected chi connectivity index (χ2v) is 6.04. The Hall–Kier alpha value is -1.10. The molecule has 1 aromatic rings. The summed E-state index contributed by atoms with van der Waals surface area (Å²) >= 11 is 1.60. The van der Waals surface area contributed by atoms with Gasteiger partial charge in [-0.15, -0.1) is 11.3 Å². The predicted molar refractivity (Wildman–Crippen MR) is 68.6 cm³/mol. The molecule has 2 rings (SSSR count). The Morgan fingerprint density at radius 2 is 2.12 bits per heavy atom. The van der Waals surface area contributed by atoms with Gasteiger partial charge in [-0.05, 0) is 31.6 Å². The van der Waals surface area contributed by atoms with Crippen LogP contribution in [-0.2, 0) is 17.6 Å². The Bertz CT molecular complexity index is 403. The van der Waals surface area contributed by atoms with Crippen LogP contribution in [0.15, 0.2) is 0 Å². The molecular weight excluding hydrogens is 236 g/mol. The number of hydrogen-bond donors (Lipinski definition) is 2. The van der Waals surface area contributed by atoms with Gasteiger partial charge in [-0.3, -0.25) is 4.79 Å². The number of carboxylic acids is 1. The van der Waals surface area contributed by atoms with E-state index in [-0.39, 0.29) is 0 Å². The molecule has 0 fully saturated rings. The SMILES string of the molecule is CC1Cc2nc(N[C@H](C)C(=O)O)sc2CC1C. The fraction of sp³-hybridized carbons (Fsp3) is 0.667. The van der Waals surface area contributed by atoms with Crippen molar-refractivity contribution in [1.29, 1.82) is 0 Å². The Morgan fingerprint density at radius 3 is 2.76 bits per heavy atom. The topological polar surface area (TPSA) is 62.2 Å². The number of fused-ring (bicyclic) bond motifs is 1. The highest BCUT2D eigenvalue weighted by Gasteiger charge is 2.26. The molecule has 0 radical (unpaired) electrons. The van der Waals surface area contributed by atoms with Gasteiger partial charge in [0.25, 0.3) is 0 Å². The van der Waals surface area contributed by atoms with Crippen molar-refractivity contribution in [3.8, 4) is 0 Å². The van der Waals surface area contributed by atoms with Crippen molar-refractivity contribution in [1.82, 2.24) is 4.98 Å². The van der Waals surface area contributed by atoms with Crippen molar-refractivity contribution in [2.24, 2.45) is 11.8 Å². The average Bonchev–Trinajstić information content (AvgIpc) is 2.60. The fourth-order valence-corrected chi connectivity index (χ4v) is 3.23. The van der Waals surface area contributed by atoms with E-state index < -0.39 is 12.0 Å². The van der Waals surface area contributed by atoms with Gasteiger partial charge in [0.2, 0.25) is 0 Å². The molecule has 1 heterocycles. The third-order valence-corrected chi connectivity index (χ3v) is 4.53. The van der Waals surface area contributed by atoms with Crippen LogP contribution in [0.1, 0.15) is 31.3 Å². The first-order valence-corrected chi connectivity index (χ1v) is 6.77. The number of carboxylic acid groups (broad SMARTS) is 1. The van der Waals surface area contributed by atoms with Gasteiger partial charge in [-0.2, -0.15) is 0 Å². The lowest BCUT2D eigenvalue weighted by Crippen LogP contribution is -2.25. The molecule has 2 unspecified atom stereocenters. The average molecular weight is 254 g/mol.